The summed E-state index contributed by atoms with van der Waals surface area (Å²) in [5, 5.41) is 8.71. The first-order valence-electron chi connectivity index (χ1n) is 6.27. The van der Waals surface area contributed by atoms with Gasteiger partial charge in [0, 0.05) is 0 Å². The minimum Gasteiger partial charge on any atom is -0.481 e. The van der Waals surface area contributed by atoms with Gasteiger partial charge < -0.3 is 5.11 Å². The van der Waals surface area contributed by atoms with E-state index in [0.717, 1.165) is 11.6 Å². The Kier molecular flexibility index (Phi) is 4.02. The van der Waals surface area contributed by atoms with Crippen molar-refractivity contribution in [2.75, 3.05) is 0 Å². The molecule has 110 valence electrons. The summed E-state index contributed by atoms with van der Waals surface area (Å²) >= 11 is 0. The number of halogens is 3. The number of hydrogen-bond acceptors (Lipinski definition) is 1. The number of carboxylic acid groups (broad SMARTS) is 1. The van der Waals surface area contributed by atoms with E-state index < -0.39 is 24.1 Å². The predicted octanol–water partition coefficient (Wildman–Crippen LogP) is 4.31. The summed E-state index contributed by atoms with van der Waals surface area (Å²) in [5.41, 5.74) is 0.609. The maximum atomic E-state index is 13.2. The molecule has 0 aromatic heterocycles. The molecule has 0 fully saturated rings. The number of aliphatic carboxylic acids is 1. The summed E-state index contributed by atoms with van der Waals surface area (Å²) in [6.45, 7) is 1.74. The fourth-order valence-corrected chi connectivity index (χ4v) is 2.22. The summed E-state index contributed by atoms with van der Waals surface area (Å²) in [6, 6.07) is 10.5. The Morgan fingerprint density at radius 2 is 1.76 bits per heavy atom. The van der Waals surface area contributed by atoms with Crippen molar-refractivity contribution in [1.29, 1.82) is 0 Å². The van der Waals surface area contributed by atoms with Crippen LogP contribution in [0.1, 0.15) is 16.7 Å². The van der Waals surface area contributed by atoms with Crippen LogP contribution in [0.2, 0.25) is 0 Å². The fourth-order valence-electron chi connectivity index (χ4n) is 2.22. The van der Waals surface area contributed by atoms with Gasteiger partial charge in [0.05, 0.1) is 12.0 Å². The third-order valence-electron chi connectivity index (χ3n) is 3.18. The molecule has 2 nitrogen and oxygen atoms in total. The molecule has 0 bridgehead atoms. The monoisotopic (exact) mass is 294 g/mol. The Bertz CT molecular complexity index is 675. The van der Waals surface area contributed by atoms with Crippen molar-refractivity contribution >= 4 is 5.97 Å². The number of carbonyl (C=O) groups is 1. The molecule has 0 unspecified atom stereocenters. The summed E-state index contributed by atoms with van der Waals surface area (Å²) < 4.78 is 39.7. The first-order chi connectivity index (χ1) is 9.79. The van der Waals surface area contributed by atoms with E-state index in [1.165, 1.54) is 12.1 Å². The van der Waals surface area contributed by atoms with Crippen LogP contribution in [0.25, 0.3) is 11.1 Å². The maximum absolute atomic E-state index is 13.2. The van der Waals surface area contributed by atoms with Gasteiger partial charge in [0.15, 0.2) is 0 Å². The van der Waals surface area contributed by atoms with Crippen molar-refractivity contribution in [3.05, 3.63) is 59.2 Å². The smallest absolute Gasteiger partial charge is 0.417 e. The Morgan fingerprint density at radius 3 is 2.33 bits per heavy atom. The van der Waals surface area contributed by atoms with Crippen LogP contribution >= 0.6 is 0 Å². The van der Waals surface area contributed by atoms with Gasteiger partial charge in [0.1, 0.15) is 0 Å². The average molecular weight is 294 g/mol. The largest absolute Gasteiger partial charge is 0.481 e. The van der Waals surface area contributed by atoms with E-state index in [0.29, 0.717) is 5.56 Å². The molecule has 0 spiro atoms. The van der Waals surface area contributed by atoms with Crippen molar-refractivity contribution in [2.45, 2.75) is 19.5 Å². The van der Waals surface area contributed by atoms with Crippen LogP contribution in [0.15, 0.2) is 42.5 Å². The quantitative estimate of drug-likeness (QED) is 0.916. The molecule has 2 aromatic rings. The third-order valence-corrected chi connectivity index (χ3v) is 3.18. The van der Waals surface area contributed by atoms with E-state index in [9.17, 15) is 18.0 Å². The molecule has 0 saturated heterocycles. The first-order valence-corrected chi connectivity index (χ1v) is 6.27. The van der Waals surface area contributed by atoms with Gasteiger partial charge in [-0.25, -0.2) is 0 Å². The zero-order chi connectivity index (χ0) is 15.6. The second kappa shape index (κ2) is 5.60. The van der Waals surface area contributed by atoms with Crippen molar-refractivity contribution < 1.29 is 23.1 Å². The van der Waals surface area contributed by atoms with Gasteiger partial charge in [0.25, 0.3) is 0 Å². The minimum absolute atomic E-state index is 0.0646. The van der Waals surface area contributed by atoms with E-state index in [4.69, 9.17) is 5.11 Å². The fraction of sp³-hybridized carbons (Fsp3) is 0.188. The van der Waals surface area contributed by atoms with E-state index in [-0.39, 0.29) is 11.1 Å². The maximum Gasteiger partial charge on any atom is 0.417 e. The van der Waals surface area contributed by atoms with Gasteiger partial charge in [-0.2, -0.15) is 13.2 Å². The van der Waals surface area contributed by atoms with Crippen LogP contribution < -0.4 is 0 Å². The first kappa shape index (κ1) is 15.1. The van der Waals surface area contributed by atoms with E-state index in [1.54, 1.807) is 31.2 Å². The molecule has 0 saturated carbocycles. The van der Waals surface area contributed by atoms with Gasteiger partial charge in [-0.05, 0) is 35.2 Å². The minimum atomic E-state index is -4.54. The van der Waals surface area contributed by atoms with E-state index >= 15 is 0 Å². The summed E-state index contributed by atoms with van der Waals surface area (Å²) in [5.74, 6) is -1.16. The summed E-state index contributed by atoms with van der Waals surface area (Å²) in [6.07, 6.45) is -4.97. The lowest BCUT2D eigenvalue weighted by molar-refractivity contribution is -0.138. The normalized spacial score (nSPS) is 11.4. The lowest BCUT2D eigenvalue weighted by Gasteiger charge is -2.16. The van der Waals surface area contributed by atoms with Gasteiger partial charge >= 0.3 is 12.1 Å². The zero-order valence-corrected chi connectivity index (χ0v) is 11.2. The van der Waals surface area contributed by atoms with Crippen LogP contribution in [0.3, 0.4) is 0 Å². The van der Waals surface area contributed by atoms with Gasteiger partial charge in [-0.1, -0.05) is 36.4 Å². The highest BCUT2D eigenvalue weighted by Crippen LogP contribution is 2.38. The molecule has 0 amide bonds. The van der Waals surface area contributed by atoms with Crippen molar-refractivity contribution in [1.82, 2.24) is 0 Å². The Morgan fingerprint density at radius 1 is 1.10 bits per heavy atom. The second-order valence-corrected chi connectivity index (χ2v) is 4.76. The van der Waals surface area contributed by atoms with Crippen LogP contribution in [-0.4, -0.2) is 11.1 Å². The highest BCUT2D eigenvalue weighted by atomic mass is 19.4. The molecule has 2 rings (SSSR count). The standard InChI is InChI=1S/C16H13F3O2/c1-10-4-2-3-5-12(10)13-7-6-11(9-15(20)21)8-14(13)16(17,18)19/h2-8H,9H2,1H3,(H,20,21). The highest BCUT2D eigenvalue weighted by molar-refractivity contribution is 5.74. The van der Waals surface area contributed by atoms with Crippen molar-refractivity contribution in [3.8, 4) is 11.1 Å². The van der Waals surface area contributed by atoms with Crippen LogP contribution in [0, 0.1) is 6.92 Å². The molecular formula is C16H13F3O2. The second-order valence-electron chi connectivity index (χ2n) is 4.76. The molecule has 0 aliphatic carbocycles. The van der Waals surface area contributed by atoms with Gasteiger partial charge in [0.2, 0.25) is 0 Å². The Balaban J connectivity index is 2.61. The molecule has 5 heteroatoms. The molecule has 1 N–H and O–H groups in total. The van der Waals surface area contributed by atoms with Crippen LogP contribution in [0.5, 0.6) is 0 Å². The van der Waals surface area contributed by atoms with Crippen LogP contribution in [-0.2, 0) is 17.4 Å². The zero-order valence-electron chi connectivity index (χ0n) is 11.2. The summed E-state index contributed by atoms with van der Waals surface area (Å²) in [7, 11) is 0. The SMILES string of the molecule is Cc1ccccc1-c1ccc(CC(=O)O)cc1C(F)(F)F. The number of aryl methyl sites for hydroxylation is 1. The highest BCUT2D eigenvalue weighted by Gasteiger charge is 2.34. The predicted molar refractivity (Wildman–Crippen MR) is 73.0 cm³/mol. The third kappa shape index (κ3) is 3.42. The lowest BCUT2D eigenvalue weighted by atomic mass is 9.93. The average Bonchev–Trinajstić information content (AvgIpc) is 2.38. The number of hydrogen-bond donors (Lipinski definition) is 1. The topological polar surface area (TPSA) is 37.3 Å². The number of alkyl halides is 3. The molecule has 0 aliphatic rings. The van der Waals surface area contributed by atoms with Crippen molar-refractivity contribution in [3.63, 3.8) is 0 Å². The molecular weight excluding hydrogens is 281 g/mol. The molecule has 2 aromatic carbocycles. The Labute approximate surface area is 119 Å². The van der Waals surface area contributed by atoms with Gasteiger partial charge in [-0.15, -0.1) is 0 Å². The molecule has 0 heterocycles. The Hall–Kier alpha value is -2.30. The van der Waals surface area contributed by atoms with Gasteiger partial charge in [-0.3, -0.25) is 4.79 Å². The number of rotatable bonds is 3. The molecule has 0 atom stereocenters. The molecule has 21 heavy (non-hydrogen) atoms. The summed E-state index contributed by atoms with van der Waals surface area (Å²) in [4.78, 5) is 10.7. The number of carboxylic acids is 1. The van der Waals surface area contributed by atoms with Crippen LogP contribution in [0.4, 0.5) is 13.2 Å². The van der Waals surface area contributed by atoms with E-state index in [1.807, 2.05) is 0 Å². The number of benzene rings is 2. The molecule has 0 aliphatic heterocycles. The van der Waals surface area contributed by atoms with E-state index in [2.05, 4.69) is 0 Å². The lowest BCUT2D eigenvalue weighted by Crippen LogP contribution is -2.10. The van der Waals surface area contributed by atoms with Crippen molar-refractivity contribution in [2.24, 2.45) is 0 Å². The molecule has 0 radical (unpaired) electrons.